The van der Waals surface area contributed by atoms with E-state index < -0.39 is 23.3 Å². The van der Waals surface area contributed by atoms with Crippen LogP contribution in [-0.2, 0) is 20.7 Å². The average Bonchev–Trinajstić information content (AvgIpc) is 3.09. The Hall–Kier alpha value is -2.74. The van der Waals surface area contributed by atoms with Crippen molar-refractivity contribution in [2.24, 2.45) is 0 Å². The minimum atomic E-state index is -0.601. The van der Waals surface area contributed by atoms with Crippen molar-refractivity contribution < 1.29 is 23.8 Å². The highest BCUT2D eigenvalue weighted by Gasteiger charge is 2.27. The van der Waals surface area contributed by atoms with Gasteiger partial charge in [-0.15, -0.1) is 0 Å². The number of amides is 2. The van der Waals surface area contributed by atoms with E-state index in [1.54, 1.807) is 11.8 Å². The zero-order chi connectivity index (χ0) is 23.5. The number of rotatable bonds is 6. The van der Waals surface area contributed by atoms with Crippen molar-refractivity contribution in [3.05, 3.63) is 30.0 Å². The number of carbonyl (C=O) groups excluding carboxylic acids is 2. The van der Waals surface area contributed by atoms with Gasteiger partial charge in [-0.3, -0.25) is 4.79 Å². The van der Waals surface area contributed by atoms with Crippen LogP contribution >= 0.6 is 0 Å². The third-order valence-electron chi connectivity index (χ3n) is 5.21. The number of hydrogen-bond acceptors (Lipinski definition) is 5. The number of H-pyrrole nitrogens is 1. The van der Waals surface area contributed by atoms with Crippen molar-refractivity contribution >= 4 is 22.9 Å². The molecule has 2 N–H and O–H groups in total. The third kappa shape index (κ3) is 6.16. The monoisotopic (exact) mass is 445 g/mol. The number of aromatic amines is 1. The van der Waals surface area contributed by atoms with Crippen LogP contribution in [0.4, 0.5) is 4.79 Å². The summed E-state index contributed by atoms with van der Waals surface area (Å²) in [6.07, 6.45) is 1.47. The van der Waals surface area contributed by atoms with Gasteiger partial charge in [0.25, 0.3) is 5.91 Å². The molecule has 3 rings (SSSR count). The summed E-state index contributed by atoms with van der Waals surface area (Å²) in [5.74, 6) is 0.584. The fraction of sp³-hybridized carbons (Fsp3) is 0.583. The van der Waals surface area contributed by atoms with Gasteiger partial charge in [-0.25, -0.2) is 4.79 Å². The fourth-order valence-corrected chi connectivity index (χ4v) is 3.81. The highest BCUT2D eigenvalue weighted by atomic mass is 16.6. The Labute approximate surface area is 189 Å². The summed E-state index contributed by atoms with van der Waals surface area (Å²) < 4.78 is 16.8. The van der Waals surface area contributed by atoms with Gasteiger partial charge in [0.2, 0.25) is 0 Å². The Morgan fingerprint density at radius 3 is 2.53 bits per heavy atom. The molecule has 2 aromatic rings. The van der Waals surface area contributed by atoms with Gasteiger partial charge < -0.3 is 29.4 Å². The summed E-state index contributed by atoms with van der Waals surface area (Å²) in [7, 11) is 0. The highest BCUT2D eigenvalue weighted by Crippen LogP contribution is 2.30. The molecule has 0 saturated carbocycles. The fourth-order valence-electron chi connectivity index (χ4n) is 3.81. The molecule has 0 unspecified atom stereocenters. The van der Waals surface area contributed by atoms with Crippen molar-refractivity contribution in [1.82, 2.24) is 15.2 Å². The van der Waals surface area contributed by atoms with Gasteiger partial charge in [-0.2, -0.15) is 0 Å². The molecule has 2 amide bonds. The molecule has 1 aliphatic heterocycles. The van der Waals surface area contributed by atoms with Crippen LogP contribution in [0.5, 0.6) is 5.75 Å². The zero-order valence-corrected chi connectivity index (χ0v) is 19.9. The standard InChI is InChI=1S/C24H35N3O5/c1-16(21(28)27-10-12-30-13-11-27)31-19-9-7-8-18-17(15-25-20(18)19)14-24(5,6)26-22(29)32-23(2,3)4/h7-9,15-16,25H,10-14H2,1-6H3,(H,26,29)/t16-/m0/s1. The number of nitrogens with zero attached hydrogens (tertiary/aromatic N) is 1. The van der Waals surface area contributed by atoms with Crippen molar-refractivity contribution in [3.8, 4) is 5.75 Å². The number of ether oxygens (including phenoxy) is 3. The first-order valence-electron chi connectivity index (χ1n) is 11.1. The van der Waals surface area contributed by atoms with Crippen molar-refractivity contribution in [2.75, 3.05) is 26.3 Å². The maximum atomic E-state index is 12.7. The summed E-state index contributed by atoms with van der Waals surface area (Å²) in [6, 6.07) is 5.77. The summed E-state index contributed by atoms with van der Waals surface area (Å²) in [5, 5.41) is 3.94. The first kappa shape index (κ1) is 23.9. The van der Waals surface area contributed by atoms with Gasteiger partial charge in [-0.1, -0.05) is 12.1 Å². The molecular formula is C24H35N3O5. The number of morpholine rings is 1. The molecule has 0 aliphatic carbocycles. The summed E-state index contributed by atoms with van der Waals surface area (Å²) in [6.45, 7) is 13.5. The van der Waals surface area contributed by atoms with Crippen LogP contribution < -0.4 is 10.1 Å². The zero-order valence-electron chi connectivity index (χ0n) is 19.9. The number of fused-ring (bicyclic) bond motifs is 1. The lowest BCUT2D eigenvalue weighted by Crippen LogP contribution is -2.47. The number of nitrogens with one attached hydrogen (secondary N) is 2. The Balaban J connectivity index is 1.71. The largest absolute Gasteiger partial charge is 0.479 e. The molecule has 1 aromatic carbocycles. The lowest BCUT2D eigenvalue weighted by atomic mass is 9.95. The molecule has 0 radical (unpaired) electrons. The van der Waals surface area contributed by atoms with Gasteiger partial charge in [0.15, 0.2) is 6.10 Å². The minimum Gasteiger partial charge on any atom is -0.479 e. The van der Waals surface area contributed by atoms with Gasteiger partial charge >= 0.3 is 6.09 Å². The molecule has 2 heterocycles. The molecule has 0 bridgehead atoms. The van der Waals surface area contributed by atoms with E-state index in [0.717, 1.165) is 16.5 Å². The highest BCUT2D eigenvalue weighted by molar-refractivity contribution is 5.89. The predicted octanol–water partition coefficient (Wildman–Crippen LogP) is 3.64. The Bertz CT molecular complexity index is 954. The summed E-state index contributed by atoms with van der Waals surface area (Å²) in [4.78, 5) is 30.0. The lowest BCUT2D eigenvalue weighted by Gasteiger charge is -2.29. The van der Waals surface area contributed by atoms with E-state index >= 15 is 0 Å². The van der Waals surface area contributed by atoms with Gasteiger partial charge in [-0.05, 0) is 59.6 Å². The van der Waals surface area contributed by atoms with E-state index in [0.29, 0.717) is 38.5 Å². The van der Waals surface area contributed by atoms with E-state index in [1.165, 1.54) is 0 Å². The molecule has 1 atom stereocenters. The Morgan fingerprint density at radius 1 is 1.19 bits per heavy atom. The van der Waals surface area contributed by atoms with Crippen LogP contribution in [0, 0.1) is 0 Å². The average molecular weight is 446 g/mol. The van der Waals surface area contributed by atoms with Crippen LogP contribution in [0.25, 0.3) is 10.9 Å². The number of benzene rings is 1. The number of hydrogen-bond donors (Lipinski definition) is 2. The molecule has 176 valence electrons. The minimum absolute atomic E-state index is 0.0419. The van der Waals surface area contributed by atoms with E-state index in [9.17, 15) is 9.59 Å². The molecular weight excluding hydrogens is 410 g/mol. The molecule has 8 nitrogen and oxygen atoms in total. The normalized spacial score (nSPS) is 16.0. The SMILES string of the molecule is C[C@H](Oc1cccc2c(CC(C)(C)NC(=O)OC(C)(C)C)c[nH]c12)C(=O)N1CCOCC1. The van der Waals surface area contributed by atoms with Crippen LogP contribution in [0.15, 0.2) is 24.4 Å². The van der Waals surface area contributed by atoms with Gasteiger partial charge in [0.05, 0.1) is 18.7 Å². The Morgan fingerprint density at radius 2 is 1.88 bits per heavy atom. The van der Waals surface area contributed by atoms with Crippen LogP contribution in [-0.4, -0.2) is 65.4 Å². The number of para-hydroxylation sites is 1. The molecule has 1 aliphatic rings. The Kier molecular flexibility index (Phi) is 7.03. The lowest BCUT2D eigenvalue weighted by molar-refractivity contribution is -0.142. The molecule has 32 heavy (non-hydrogen) atoms. The second-order valence-electron chi connectivity index (χ2n) is 9.88. The van der Waals surface area contributed by atoms with E-state index in [1.807, 2.05) is 59.0 Å². The molecule has 0 spiro atoms. The number of aromatic nitrogens is 1. The second kappa shape index (κ2) is 9.40. The quantitative estimate of drug-likeness (QED) is 0.708. The maximum absolute atomic E-state index is 12.7. The third-order valence-corrected chi connectivity index (χ3v) is 5.21. The number of carbonyl (C=O) groups is 2. The molecule has 1 fully saturated rings. The van der Waals surface area contributed by atoms with Gasteiger partial charge in [0.1, 0.15) is 11.4 Å². The van der Waals surface area contributed by atoms with Crippen molar-refractivity contribution in [1.29, 1.82) is 0 Å². The van der Waals surface area contributed by atoms with E-state index in [-0.39, 0.29) is 5.91 Å². The summed E-state index contributed by atoms with van der Waals surface area (Å²) in [5.41, 5.74) is 0.798. The van der Waals surface area contributed by atoms with Crippen molar-refractivity contribution in [2.45, 2.75) is 65.2 Å². The van der Waals surface area contributed by atoms with Crippen molar-refractivity contribution in [3.63, 3.8) is 0 Å². The van der Waals surface area contributed by atoms with E-state index in [4.69, 9.17) is 14.2 Å². The van der Waals surface area contributed by atoms with Crippen LogP contribution in [0.3, 0.4) is 0 Å². The topological polar surface area (TPSA) is 92.9 Å². The maximum Gasteiger partial charge on any atom is 0.408 e. The van der Waals surface area contributed by atoms with Crippen LogP contribution in [0.2, 0.25) is 0 Å². The number of alkyl carbamates (subject to hydrolysis) is 1. The van der Waals surface area contributed by atoms with Gasteiger partial charge in [0, 0.05) is 30.2 Å². The molecule has 8 heteroatoms. The first-order chi connectivity index (χ1) is 15.0. The molecule has 1 saturated heterocycles. The summed E-state index contributed by atoms with van der Waals surface area (Å²) >= 11 is 0. The first-order valence-corrected chi connectivity index (χ1v) is 11.1. The smallest absolute Gasteiger partial charge is 0.408 e. The van der Waals surface area contributed by atoms with Crippen LogP contribution in [0.1, 0.15) is 47.1 Å². The predicted molar refractivity (Wildman–Crippen MR) is 123 cm³/mol. The second-order valence-corrected chi connectivity index (χ2v) is 9.88. The van der Waals surface area contributed by atoms with E-state index in [2.05, 4.69) is 10.3 Å². The molecule has 1 aromatic heterocycles.